The number of aliphatic hydroxyl groups is 1. The van der Waals surface area contributed by atoms with Crippen LogP contribution in [0.3, 0.4) is 0 Å². The van der Waals surface area contributed by atoms with Gasteiger partial charge in [0.1, 0.15) is 0 Å². The monoisotopic (exact) mass is 267 g/mol. The van der Waals surface area contributed by atoms with E-state index in [2.05, 4.69) is 34.5 Å². The van der Waals surface area contributed by atoms with E-state index in [0.29, 0.717) is 16.0 Å². The Kier molecular flexibility index (Phi) is 2.14. The normalized spacial score (nSPS) is 51.5. The van der Waals surface area contributed by atoms with Gasteiger partial charge in [0.25, 0.3) is 0 Å². The van der Waals surface area contributed by atoms with E-state index in [1.807, 2.05) is 0 Å². The number of rotatable bonds is 0. The molecule has 2 fully saturated rings. The Morgan fingerprint density at radius 1 is 1.36 bits per heavy atom. The second kappa shape index (κ2) is 2.85. The molecule has 0 amide bonds. The van der Waals surface area contributed by atoms with Crippen molar-refractivity contribution in [2.45, 2.75) is 41.4 Å². The van der Waals surface area contributed by atoms with E-state index in [1.165, 1.54) is 19.3 Å². The third-order valence-electron chi connectivity index (χ3n) is 3.13. The topological polar surface area (TPSA) is 23.5 Å². The number of halogens is 1. The van der Waals surface area contributed by atoms with Gasteiger partial charge in [-0.25, -0.2) is 0 Å². The Balaban J connectivity index is 2.21. The molecule has 64 valence electrons. The van der Waals surface area contributed by atoms with Crippen LogP contribution in [0.2, 0.25) is 0 Å². The van der Waals surface area contributed by atoms with Crippen molar-refractivity contribution in [3.05, 3.63) is 0 Å². The first-order valence-corrected chi connectivity index (χ1v) is 5.50. The van der Waals surface area contributed by atoms with Crippen LogP contribution in [-0.4, -0.2) is 39.2 Å². The Hall–Kier alpha value is 0.650. The molecule has 11 heavy (non-hydrogen) atoms. The number of aliphatic hydroxyl groups excluding tert-OH is 1. The molecular formula is C8H14INO. The standard InChI is InChI=1S/C8H14INO/c1-10-5-3-2-4-6(10)8(11)7(5)9/h5-8,11H,2-4H2,1H3. The molecule has 0 radical (unpaired) electrons. The summed E-state index contributed by atoms with van der Waals surface area (Å²) < 4.78 is 0.463. The van der Waals surface area contributed by atoms with E-state index < -0.39 is 0 Å². The van der Waals surface area contributed by atoms with Gasteiger partial charge in [-0.15, -0.1) is 0 Å². The van der Waals surface area contributed by atoms with Crippen molar-refractivity contribution < 1.29 is 5.11 Å². The molecule has 4 atom stereocenters. The number of likely N-dealkylation sites (N-methyl/N-ethyl adjacent to an activating group) is 1. The molecule has 1 N–H and O–H groups in total. The van der Waals surface area contributed by atoms with Gasteiger partial charge >= 0.3 is 0 Å². The summed E-state index contributed by atoms with van der Waals surface area (Å²) in [5, 5.41) is 9.79. The van der Waals surface area contributed by atoms with Crippen molar-refractivity contribution in [1.29, 1.82) is 0 Å². The van der Waals surface area contributed by atoms with E-state index in [4.69, 9.17) is 0 Å². The first-order valence-electron chi connectivity index (χ1n) is 4.26. The van der Waals surface area contributed by atoms with E-state index in [1.54, 1.807) is 0 Å². The van der Waals surface area contributed by atoms with Gasteiger partial charge in [0.2, 0.25) is 0 Å². The smallest absolute Gasteiger partial charge is 0.0827 e. The minimum Gasteiger partial charge on any atom is -0.390 e. The van der Waals surface area contributed by atoms with Crippen molar-refractivity contribution in [3.8, 4) is 0 Å². The zero-order valence-corrected chi connectivity index (χ0v) is 8.86. The maximum atomic E-state index is 9.79. The molecule has 0 aromatic heterocycles. The van der Waals surface area contributed by atoms with Crippen molar-refractivity contribution in [2.24, 2.45) is 0 Å². The second-order valence-corrected chi connectivity index (χ2v) is 5.10. The van der Waals surface area contributed by atoms with Crippen molar-refractivity contribution in [2.75, 3.05) is 7.05 Å². The Morgan fingerprint density at radius 3 is 2.55 bits per heavy atom. The van der Waals surface area contributed by atoms with Crippen LogP contribution in [0.4, 0.5) is 0 Å². The summed E-state index contributed by atoms with van der Waals surface area (Å²) in [6, 6.07) is 1.10. The maximum absolute atomic E-state index is 9.79. The molecule has 0 aromatic rings. The lowest BCUT2D eigenvalue weighted by Crippen LogP contribution is -2.38. The van der Waals surface area contributed by atoms with Crippen LogP contribution in [0, 0.1) is 0 Å². The maximum Gasteiger partial charge on any atom is 0.0827 e. The van der Waals surface area contributed by atoms with E-state index in [-0.39, 0.29) is 6.10 Å². The number of hydrogen-bond acceptors (Lipinski definition) is 2. The van der Waals surface area contributed by atoms with E-state index in [9.17, 15) is 5.11 Å². The Bertz CT molecular complexity index is 140. The van der Waals surface area contributed by atoms with Gasteiger partial charge in [0.05, 0.1) is 10.0 Å². The first kappa shape index (κ1) is 8.26. The van der Waals surface area contributed by atoms with E-state index in [0.717, 1.165) is 0 Å². The first-order chi connectivity index (χ1) is 5.22. The molecule has 2 aliphatic rings. The lowest BCUT2D eigenvalue weighted by atomic mass is 10.0. The number of alkyl halides is 1. The molecule has 2 saturated heterocycles. The molecule has 2 heterocycles. The molecule has 0 aromatic carbocycles. The zero-order valence-electron chi connectivity index (χ0n) is 6.70. The zero-order chi connectivity index (χ0) is 8.01. The SMILES string of the molecule is CN1C2CCCC1C(I)C2O. The lowest BCUT2D eigenvalue weighted by Gasteiger charge is -2.31. The quantitative estimate of drug-likeness (QED) is 0.523. The molecule has 0 spiro atoms. The third-order valence-corrected chi connectivity index (χ3v) is 4.70. The highest BCUT2D eigenvalue weighted by Gasteiger charge is 2.46. The summed E-state index contributed by atoms with van der Waals surface area (Å²) in [7, 11) is 2.15. The Morgan fingerprint density at radius 2 is 2.00 bits per heavy atom. The number of piperidine rings is 1. The molecule has 2 aliphatic heterocycles. The molecular weight excluding hydrogens is 253 g/mol. The molecule has 0 aliphatic carbocycles. The Labute approximate surface area is 81.1 Å². The van der Waals surface area contributed by atoms with Gasteiger partial charge in [-0.1, -0.05) is 29.0 Å². The van der Waals surface area contributed by atoms with Crippen molar-refractivity contribution >= 4 is 22.6 Å². The lowest BCUT2D eigenvalue weighted by molar-refractivity contribution is 0.104. The van der Waals surface area contributed by atoms with Crippen LogP contribution in [0.5, 0.6) is 0 Å². The van der Waals surface area contributed by atoms with Gasteiger partial charge in [0.15, 0.2) is 0 Å². The van der Waals surface area contributed by atoms with E-state index >= 15 is 0 Å². The van der Waals surface area contributed by atoms with Crippen LogP contribution in [0.15, 0.2) is 0 Å². The molecule has 2 rings (SSSR count). The summed E-state index contributed by atoms with van der Waals surface area (Å²) in [4.78, 5) is 2.37. The summed E-state index contributed by atoms with van der Waals surface area (Å²) in [5.74, 6) is 0. The average molecular weight is 267 g/mol. The number of fused-ring (bicyclic) bond motifs is 2. The second-order valence-electron chi connectivity index (χ2n) is 3.67. The summed E-state index contributed by atoms with van der Waals surface area (Å²) in [6.07, 6.45) is 3.69. The fraction of sp³-hybridized carbons (Fsp3) is 1.00. The van der Waals surface area contributed by atoms with Crippen LogP contribution in [0.1, 0.15) is 19.3 Å². The predicted molar refractivity (Wildman–Crippen MR) is 53.0 cm³/mol. The highest BCUT2D eigenvalue weighted by molar-refractivity contribution is 14.1. The van der Waals surface area contributed by atoms with Crippen LogP contribution >= 0.6 is 22.6 Å². The van der Waals surface area contributed by atoms with Crippen molar-refractivity contribution in [1.82, 2.24) is 4.90 Å². The summed E-state index contributed by atoms with van der Waals surface area (Å²) in [5.41, 5.74) is 0. The van der Waals surface area contributed by atoms with Gasteiger partial charge < -0.3 is 5.11 Å². The number of nitrogens with zero attached hydrogens (tertiary/aromatic N) is 1. The average Bonchev–Trinajstić information content (AvgIpc) is 2.19. The van der Waals surface area contributed by atoms with Gasteiger partial charge in [0, 0.05) is 12.1 Å². The molecule has 2 nitrogen and oxygen atoms in total. The van der Waals surface area contributed by atoms with Gasteiger partial charge in [-0.05, 0) is 19.9 Å². The summed E-state index contributed by atoms with van der Waals surface area (Å²) >= 11 is 2.40. The molecule has 2 bridgehead atoms. The highest BCUT2D eigenvalue weighted by Crippen LogP contribution is 2.38. The highest BCUT2D eigenvalue weighted by atomic mass is 127. The van der Waals surface area contributed by atoms with Gasteiger partial charge in [-0.2, -0.15) is 0 Å². The molecule has 0 saturated carbocycles. The van der Waals surface area contributed by atoms with Crippen LogP contribution in [-0.2, 0) is 0 Å². The van der Waals surface area contributed by atoms with Crippen LogP contribution in [0.25, 0.3) is 0 Å². The fourth-order valence-electron chi connectivity index (χ4n) is 2.42. The predicted octanol–water partition coefficient (Wildman–Crippen LogP) is 1.02. The number of hydrogen-bond donors (Lipinski definition) is 1. The largest absolute Gasteiger partial charge is 0.390 e. The molecule has 3 heteroatoms. The van der Waals surface area contributed by atoms with Crippen LogP contribution < -0.4 is 0 Å². The third kappa shape index (κ3) is 1.12. The molecule has 4 unspecified atom stereocenters. The van der Waals surface area contributed by atoms with Crippen molar-refractivity contribution in [3.63, 3.8) is 0 Å². The minimum atomic E-state index is -0.0758. The minimum absolute atomic E-state index is 0.0758. The summed E-state index contributed by atoms with van der Waals surface area (Å²) in [6.45, 7) is 0. The fourth-order valence-corrected chi connectivity index (χ4v) is 3.77. The van der Waals surface area contributed by atoms with Gasteiger partial charge in [-0.3, -0.25) is 4.90 Å².